The van der Waals surface area contributed by atoms with Gasteiger partial charge < -0.3 is 25.4 Å². The number of likely N-dealkylation sites (N-methyl/N-ethyl adjacent to an activating group) is 1. The minimum absolute atomic E-state index is 0.408. The van der Waals surface area contributed by atoms with Crippen molar-refractivity contribution in [3.05, 3.63) is 60.3 Å². The fourth-order valence-electron chi connectivity index (χ4n) is 3.18. The minimum Gasteiger partial charge on any atom is -0.481 e. The largest absolute Gasteiger partial charge is 0.481 e. The van der Waals surface area contributed by atoms with Gasteiger partial charge in [0.1, 0.15) is 0 Å². The zero-order chi connectivity index (χ0) is 23.3. The van der Waals surface area contributed by atoms with Gasteiger partial charge in [-0.05, 0) is 17.7 Å². The molecule has 0 radical (unpaired) electrons. The Kier molecular flexibility index (Phi) is 6.83. The number of carboxylic acid groups (broad SMARTS) is 1. The lowest BCUT2D eigenvalue weighted by atomic mass is 10.00. The predicted octanol–water partition coefficient (Wildman–Crippen LogP) is 1.50. The van der Waals surface area contributed by atoms with Crippen LogP contribution in [0.2, 0.25) is 0 Å². The molecule has 0 bridgehead atoms. The van der Waals surface area contributed by atoms with Gasteiger partial charge in [0.05, 0.1) is 25.3 Å². The van der Waals surface area contributed by atoms with Crippen molar-refractivity contribution in [2.24, 2.45) is 0 Å². The van der Waals surface area contributed by atoms with Gasteiger partial charge in [0.25, 0.3) is 5.91 Å². The molecule has 3 N–H and O–H groups in total. The molecule has 1 aromatic heterocycles. The lowest BCUT2D eigenvalue weighted by molar-refractivity contribution is -0.138. The summed E-state index contributed by atoms with van der Waals surface area (Å²) >= 11 is 0. The molecule has 2 heterocycles. The molecule has 0 fully saturated rings. The predicted molar refractivity (Wildman–Crippen MR) is 114 cm³/mol. The van der Waals surface area contributed by atoms with Crippen LogP contribution in [0.5, 0.6) is 5.88 Å². The van der Waals surface area contributed by atoms with Crippen molar-refractivity contribution in [3.63, 3.8) is 0 Å². The van der Waals surface area contributed by atoms with Crippen molar-refractivity contribution in [1.29, 1.82) is 0 Å². The lowest BCUT2D eigenvalue weighted by Crippen LogP contribution is -2.55. The van der Waals surface area contributed by atoms with Crippen molar-refractivity contribution in [1.82, 2.24) is 20.5 Å². The van der Waals surface area contributed by atoms with Gasteiger partial charge in [-0.2, -0.15) is 0 Å². The molecule has 3 amide bonds. The Morgan fingerprint density at radius 2 is 1.97 bits per heavy atom. The number of aliphatic carboxylic acids is 1. The number of carboxylic acids is 1. The van der Waals surface area contributed by atoms with E-state index < -0.39 is 42.2 Å². The molecule has 166 valence electrons. The summed E-state index contributed by atoms with van der Waals surface area (Å²) in [5, 5.41) is 14.2. The minimum atomic E-state index is -1.37. The fourth-order valence-corrected chi connectivity index (χ4v) is 3.18. The Morgan fingerprint density at radius 1 is 1.22 bits per heavy atom. The van der Waals surface area contributed by atoms with Gasteiger partial charge in [0.15, 0.2) is 11.8 Å². The maximum Gasteiger partial charge on any atom is 0.316 e. The van der Waals surface area contributed by atoms with Crippen LogP contribution in [0.4, 0.5) is 4.79 Å². The Morgan fingerprint density at radius 3 is 2.69 bits per heavy atom. The molecule has 10 nitrogen and oxygen atoms in total. The first-order valence-electron chi connectivity index (χ1n) is 9.67. The normalized spacial score (nSPS) is 16.4. The highest BCUT2D eigenvalue weighted by atomic mass is 16.5. The number of ether oxygens (including phenoxy) is 1. The Labute approximate surface area is 183 Å². The number of nitrogens with zero attached hydrogens (tertiary/aromatic N) is 2. The number of benzene rings is 1. The van der Waals surface area contributed by atoms with Crippen LogP contribution < -0.4 is 15.4 Å². The average Bonchev–Trinajstić information content (AvgIpc) is 2.78. The van der Waals surface area contributed by atoms with Crippen LogP contribution in [0.25, 0.3) is 11.3 Å². The third-order valence-corrected chi connectivity index (χ3v) is 4.82. The summed E-state index contributed by atoms with van der Waals surface area (Å²) < 4.78 is 5.14. The number of carbonyl (C=O) groups excluding carboxylic acids is 3. The number of methoxy groups -OCH3 is 1. The number of nitrogens with one attached hydrogen (secondary N) is 2. The molecule has 10 heteroatoms. The number of hydrogen-bond donors (Lipinski definition) is 3. The molecule has 1 unspecified atom stereocenters. The summed E-state index contributed by atoms with van der Waals surface area (Å²) in [5.74, 6) is -1.86. The fraction of sp³-hybridized carbons (Fsp3) is 0.227. The van der Waals surface area contributed by atoms with Crippen molar-refractivity contribution < 1.29 is 29.0 Å². The van der Waals surface area contributed by atoms with E-state index in [1.54, 1.807) is 42.5 Å². The van der Waals surface area contributed by atoms with Gasteiger partial charge >= 0.3 is 12.0 Å². The van der Waals surface area contributed by atoms with Gasteiger partial charge in [-0.3, -0.25) is 14.4 Å². The molecular weight excluding hydrogens is 416 g/mol. The SMILES string of the molecule is COc1cccc(-c2cccc([C@H](CC(=O)O)NC(=O)NC3C(=O)C=CN(C)C3=O)c2)n1. The number of ketones is 1. The number of urea groups is 1. The second kappa shape index (κ2) is 9.73. The van der Waals surface area contributed by atoms with Crippen LogP contribution in [-0.4, -0.2) is 58.9 Å². The maximum absolute atomic E-state index is 12.5. The molecule has 1 aliphatic rings. The van der Waals surface area contributed by atoms with E-state index in [-0.39, 0.29) is 0 Å². The number of carbonyl (C=O) groups is 4. The number of hydrogen-bond acceptors (Lipinski definition) is 6. The van der Waals surface area contributed by atoms with Crippen molar-refractivity contribution in [2.45, 2.75) is 18.5 Å². The van der Waals surface area contributed by atoms with E-state index in [0.29, 0.717) is 22.7 Å². The first kappa shape index (κ1) is 22.5. The van der Waals surface area contributed by atoms with Crippen LogP contribution in [0.3, 0.4) is 0 Å². The molecule has 1 aromatic carbocycles. The van der Waals surface area contributed by atoms with Crippen LogP contribution in [0.15, 0.2) is 54.7 Å². The third kappa shape index (κ3) is 5.28. The van der Waals surface area contributed by atoms with Crippen molar-refractivity contribution >= 4 is 23.7 Å². The summed E-state index contributed by atoms with van der Waals surface area (Å²) in [6.45, 7) is 0. The van der Waals surface area contributed by atoms with Gasteiger partial charge in [-0.25, -0.2) is 9.78 Å². The molecule has 32 heavy (non-hydrogen) atoms. The Balaban J connectivity index is 1.81. The lowest BCUT2D eigenvalue weighted by Gasteiger charge is -2.25. The summed E-state index contributed by atoms with van der Waals surface area (Å²) in [4.78, 5) is 53.6. The second-order valence-corrected chi connectivity index (χ2v) is 7.06. The van der Waals surface area contributed by atoms with Gasteiger partial charge in [0.2, 0.25) is 5.88 Å². The van der Waals surface area contributed by atoms with Crippen LogP contribution in [-0.2, 0) is 14.4 Å². The second-order valence-electron chi connectivity index (χ2n) is 7.06. The van der Waals surface area contributed by atoms with Crippen LogP contribution in [0.1, 0.15) is 18.0 Å². The Hall–Kier alpha value is -4.21. The average molecular weight is 438 g/mol. The highest BCUT2D eigenvalue weighted by Gasteiger charge is 2.32. The maximum atomic E-state index is 12.5. The molecule has 1 aliphatic heterocycles. The Bertz CT molecular complexity index is 1080. The van der Waals surface area contributed by atoms with Gasteiger partial charge in [-0.15, -0.1) is 0 Å². The number of aromatic nitrogens is 1. The van der Waals surface area contributed by atoms with E-state index in [2.05, 4.69) is 15.6 Å². The topological polar surface area (TPSA) is 138 Å². The summed E-state index contributed by atoms with van der Waals surface area (Å²) in [5.41, 5.74) is 1.82. The summed E-state index contributed by atoms with van der Waals surface area (Å²) in [6, 6.07) is 9.02. The molecule has 0 saturated carbocycles. The summed E-state index contributed by atoms with van der Waals surface area (Å²) in [7, 11) is 2.96. The smallest absolute Gasteiger partial charge is 0.316 e. The highest BCUT2D eigenvalue weighted by molar-refractivity contribution is 6.14. The van der Waals surface area contributed by atoms with Crippen LogP contribution >= 0.6 is 0 Å². The molecule has 0 spiro atoms. The quantitative estimate of drug-likeness (QED) is 0.557. The molecule has 3 rings (SSSR count). The van der Waals surface area contributed by atoms with E-state index in [1.807, 2.05) is 0 Å². The van der Waals surface area contributed by atoms with E-state index in [4.69, 9.17) is 4.74 Å². The van der Waals surface area contributed by atoms with E-state index in [9.17, 15) is 24.3 Å². The van der Waals surface area contributed by atoms with E-state index in [0.717, 1.165) is 0 Å². The van der Waals surface area contributed by atoms with Crippen molar-refractivity contribution in [2.75, 3.05) is 14.2 Å². The van der Waals surface area contributed by atoms with Crippen LogP contribution in [0, 0.1) is 0 Å². The number of rotatable bonds is 7. The van der Waals surface area contributed by atoms with Gasteiger partial charge in [-0.1, -0.05) is 24.3 Å². The molecular formula is C22H22N4O6. The van der Waals surface area contributed by atoms with E-state index in [1.165, 1.54) is 31.3 Å². The standard InChI is InChI=1S/C22H22N4O6/c1-26-10-9-17(27)20(21(26)30)25-22(31)24-16(12-19(28)29)14-6-3-5-13(11-14)15-7-4-8-18(23-15)32-2/h3-11,16,20H,12H2,1-2H3,(H,28,29)(H2,24,25,31)/t16-,20?/m0/s1. The molecule has 0 saturated heterocycles. The third-order valence-electron chi connectivity index (χ3n) is 4.82. The zero-order valence-corrected chi connectivity index (χ0v) is 17.4. The first-order chi connectivity index (χ1) is 15.3. The number of amides is 3. The first-order valence-corrected chi connectivity index (χ1v) is 9.67. The van der Waals surface area contributed by atoms with E-state index >= 15 is 0 Å². The van der Waals surface area contributed by atoms with Gasteiger partial charge in [0, 0.05) is 31.0 Å². The zero-order valence-electron chi connectivity index (χ0n) is 17.4. The molecule has 2 aromatic rings. The monoisotopic (exact) mass is 438 g/mol. The summed E-state index contributed by atoms with van der Waals surface area (Å²) in [6.07, 6.45) is 2.09. The number of pyridine rings is 1. The molecule has 2 atom stereocenters. The highest BCUT2D eigenvalue weighted by Crippen LogP contribution is 2.25. The van der Waals surface area contributed by atoms with Crippen molar-refractivity contribution in [3.8, 4) is 17.1 Å². The molecule has 0 aliphatic carbocycles.